The highest BCUT2D eigenvalue weighted by molar-refractivity contribution is 4.95. The van der Waals surface area contributed by atoms with Crippen molar-refractivity contribution in [1.29, 1.82) is 0 Å². The van der Waals surface area contributed by atoms with Crippen molar-refractivity contribution in [3.63, 3.8) is 0 Å². The van der Waals surface area contributed by atoms with Crippen LogP contribution in [0.15, 0.2) is 0 Å². The molecule has 0 amide bonds. The molecule has 1 N–H and O–H groups in total. The Morgan fingerprint density at radius 2 is 1.78 bits per heavy atom. The first-order valence-corrected chi connectivity index (χ1v) is 7.47. The molecule has 3 heteroatoms. The average molecular weight is 254 g/mol. The number of ether oxygens (including phenoxy) is 1. The number of methoxy groups -OCH3 is 1. The zero-order valence-electron chi connectivity index (χ0n) is 12.7. The maximum absolute atomic E-state index is 5.58. The van der Waals surface area contributed by atoms with Crippen molar-refractivity contribution >= 4 is 0 Å². The number of hydrogen-bond acceptors (Lipinski definition) is 3. The van der Waals surface area contributed by atoms with Gasteiger partial charge in [0, 0.05) is 31.3 Å². The molecule has 3 nitrogen and oxygen atoms in total. The van der Waals surface area contributed by atoms with E-state index in [1.807, 2.05) is 7.11 Å². The summed E-state index contributed by atoms with van der Waals surface area (Å²) in [7, 11) is 4.12. The van der Waals surface area contributed by atoms with Crippen LogP contribution in [0.4, 0.5) is 0 Å². The Bertz CT molecular complexity index is 266. The first-order valence-electron chi connectivity index (χ1n) is 7.47. The summed E-state index contributed by atoms with van der Waals surface area (Å²) in [5.41, 5.74) is -0.0849. The van der Waals surface area contributed by atoms with Crippen LogP contribution in [0.1, 0.15) is 52.9 Å². The smallest absolute Gasteiger partial charge is 0.0772 e. The third kappa shape index (κ3) is 2.89. The fourth-order valence-corrected chi connectivity index (χ4v) is 3.48. The Morgan fingerprint density at radius 1 is 1.22 bits per heavy atom. The largest absolute Gasteiger partial charge is 0.377 e. The molecule has 2 saturated heterocycles. The third-order valence-electron chi connectivity index (χ3n) is 5.39. The van der Waals surface area contributed by atoms with Gasteiger partial charge in [0.1, 0.15) is 0 Å². The standard InChI is InChI=1S/C15H30N2O/c1-11(15(2,3)18-5)16-12-9-13-7-6-8-14(10-12)17(13)4/h11-14,16H,6-10H2,1-5H3. The van der Waals surface area contributed by atoms with E-state index in [2.05, 4.69) is 38.0 Å². The predicted molar refractivity (Wildman–Crippen MR) is 75.9 cm³/mol. The van der Waals surface area contributed by atoms with E-state index in [1.165, 1.54) is 32.1 Å². The van der Waals surface area contributed by atoms with Gasteiger partial charge in [0.05, 0.1) is 5.60 Å². The number of nitrogens with zero attached hydrogens (tertiary/aromatic N) is 1. The van der Waals surface area contributed by atoms with Gasteiger partial charge in [0.2, 0.25) is 0 Å². The van der Waals surface area contributed by atoms with Gasteiger partial charge in [0.15, 0.2) is 0 Å². The second kappa shape index (κ2) is 5.48. The normalized spacial score (nSPS) is 35.5. The fraction of sp³-hybridized carbons (Fsp3) is 1.00. The number of fused-ring (bicyclic) bond motifs is 2. The Hall–Kier alpha value is -0.120. The van der Waals surface area contributed by atoms with E-state index in [0.717, 1.165) is 12.1 Å². The maximum Gasteiger partial charge on any atom is 0.0772 e. The zero-order valence-corrected chi connectivity index (χ0v) is 12.7. The van der Waals surface area contributed by atoms with E-state index in [-0.39, 0.29) is 5.60 Å². The van der Waals surface area contributed by atoms with Gasteiger partial charge in [-0.05, 0) is 53.5 Å². The minimum Gasteiger partial charge on any atom is -0.377 e. The van der Waals surface area contributed by atoms with Crippen LogP contribution in [0.5, 0.6) is 0 Å². The average Bonchev–Trinajstić information content (AvgIpc) is 2.30. The molecular weight excluding hydrogens is 224 g/mol. The second-order valence-corrected chi connectivity index (χ2v) is 6.77. The summed E-state index contributed by atoms with van der Waals surface area (Å²) in [4.78, 5) is 2.62. The second-order valence-electron chi connectivity index (χ2n) is 6.77. The van der Waals surface area contributed by atoms with Crippen LogP contribution in [0, 0.1) is 0 Å². The van der Waals surface area contributed by atoms with Crippen LogP contribution in [0.3, 0.4) is 0 Å². The SMILES string of the molecule is COC(C)(C)C(C)NC1CC2CCCC(C1)N2C. The van der Waals surface area contributed by atoms with E-state index in [1.54, 1.807) is 0 Å². The van der Waals surface area contributed by atoms with Crippen LogP contribution in [-0.4, -0.2) is 48.8 Å². The topological polar surface area (TPSA) is 24.5 Å². The van der Waals surface area contributed by atoms with E-state index in [9.17, 15) is 0 Å². The molecule has 0 aromatic carbocycles. The van der Waals surface area contributed by atoms with Crippen molar-refractivity contribution in [2.24, 2.45) is 0 Å². The van der Waals surface area contributed by atoms with Crippen LogP contribution >= 0.6 is 0 Å². The van der Waals surface area contributed by atoms with Gasteiger partial charge >= 0.3 is 0 Å². The van der Waals surface area contributed by atoms with Gasteiger partial charge in [-0.1, -0.05) is 6.42 Å². The molecule has 0 aromatic rings. The molecule has 2 rings (SSSR count). The highest BCUT2D eigenvalue weighted by Gasteiger charge is 2.37. The lowest BCUT2D eigenvalue weighted by Gasteiger charge is -2.48. The Labute approximate surface area is 112 Å². The molecule has 2 bridgehead atoms. The minimum absolute atomic E-state index is 0.0849. The van der Waals surface area contributed by atoms with Crippen molar-refractivity contribution in [2.45, 2.75) is 82.6 Å². The lowest BCUT2D eigenvalue weighted by molar-refractivity contribution is -0.0181. The quantitative estimate of drug-likeness (QED) is 0.834. The summed E-state index contributed by atoms with van der Waals surface area (Å²) >= 11 is 0. The molecule has 2 aliphatic heterocycles. The molecule has 106 valence electrons. The molecule has 3 atom stereocenters. The molecule has 0 spiro atoms. The summed E-state index contributed by atoms with van der Waals surface area (Å²) in [6.45, 7) is 6.58. The fourth-order valence-electron chi connectivity index (χ4n) is 3.48. The van der Waals surface area contributed by atoms with Crippen molar-refractivity contribution in [3.05, 3.63) is 0 Å². The Balaban J connectivity index is 1.92. The molecule has 18 heavy (non-hydrogen) atoms. The summed E-state index contributed by atoms with van der Waals surface area (Å²) in [6.07, 6.45) is 6.79. The third-order valence-corrected chi connectivity index (χ3v) is 5.39. The lowest BCUT2D eigenvalue weighted by atomic mass is 9.81. The summed E-state index contributed by atoms with van der Waals surface area (Å²) < 4.78 is 5.58. The summed E-state index contributed by atoms with van der Waals surface area (Å²) in [5, 5.41) is 3.81. The van der Waals surface area contributed by atoms with E-state index in [0.29, 0.717) is 12.1 Å². The number of rotatable bonds is 4. The molecular formula is C15H30N2O. The van der Waals surface area contributed by atoms with Crippen LogP contribution in [-0.2, 0) is 4.74 Å². The van der Waals surface area contributed by atoms with Crippen LogP contribution in [0.2, 0.25) is 0 Å². The van der Waals surface area contributed by atoms with Crippen molar-refractivity contribution in [1.82, 2.24) is 10.2 Å². The highest BCUT2D eigenvalue weighted by Crippen LogP contribution is 2.33. The van der Waals surface area contributed by atoms with E-state index in [4.69, 9.17) is 4.74 Å². The van der Waals surface area contributed by atoms with E-state index < -0.39 is 0 Å². The Kier molecular flexibility index (Phi) is 4.35. The number of hydrogen-bond donors (Lipinski definition) is 1. The Morgan fingerprint density at radius 3 is 2.28 bits per heavy atom. The molecule has 0 aromatic heterocycles. The highest BCUT2D eigenvalue weighted by atomic mass is 16.5. The molecule has 3 unspecified atom stereocenters. The van der Waals surface area contributed by atoms with Gasteiger partial charge in [-0.15, -0.1) is 0 Å². The lowest BCUT2D eigenvalue weighted by Crippen LogP contribution is -2.58. The monoisotopic (exact) mass is 254 g/mol. The molecule has 2 fully saturated rings. The number of nitrogens with one attached hydrogen (secondary N) is 1. The zero-order chi connectivity index (χ0) is 13.3. The maximum atomic E-state index is 5.58. The summed E-state index contributed by atoms with van der Waals surface area (Å²) in [5.74, 6) is 0. The molecule has 2 aliphatic rings. The van der Waals surface area contributed by atoms with Gasteiger partial charge in [-0.3, -0.25) is 0 Å². The first kappa shape index (κ1) is 14.3. The predicted octanol–water partition coefficient (Wildman–Crippen LogP) is 2.40. The van der Waals surface area contributed by atoms with Crippen molar-refractivity contribution < 1.29 is 4.74 Å². The first-order chi connectivity index (χ1) is 8.44. The number of piperidine rings is 2. The van der Waals surface area contributed by atoms with E-state index >= 15 is 0 Å². The minimum atomic E-state index is -0.0849. The molecule has 0 saturated carbocycles. The van der Waals surface area contributed by atoms with Gasteiger partial charge in [0.25, 0.3) is 0 Å². The van der Waals surface area contributed by atoms with Gasteiger partial charge in [-0.2, -0.15) is 0 Å². The van der Waals surface area contributed by atoms with Gasteiger partial charge < -0.3 is 15.0 Å². The molecule has 0 radical (unpaired) electrons. The van der Waals surface area contributed by atoms with Crippen LogP contribution in [0.25, 0.3) is 0 Å². The molecule has 2 heterocycles. The van der Waals surface area contributed by atoms with Crippen LogP contribution < -0.4 is 5.32 Å². The van der Waals surface area contributed by atoms with Gasteiger partial charge in [-0.25, -0.2) is 0 Å². The summed E-state index contributed by atoms with van der Waals surface area (Å²) in [6, 6.07) is 2.67. The van der Waals surface area contributed by atoms with Crippen molar-refractivity contribution in [3.8, 4) is 0 Å². The van der Waals surface area contributed by atoms with Crippen molar-refractivity contribution in [2.75, 3.05) is 14.2 Å². The molecule has 0 aliphatic carbocycles.